The first-order valence-corrected chi connectivity index (χ1v) is 6.22. The number of rotatable bonds is 2. The van der Waals surface area contributed by atoms with E-state index in [9.17, 15) is 4.79 Å². The molecule has 3 nitrogen and oxygen atoms in total. The van der Waals surface area contributed by atoms with E-state index in [0.717, 1.165) is 10.6 Å². The molecule has 1 aliphatic rings. The Balaban J connectivity index is 2.36. The van der Waals surface area contributed by atoms with Crippen LogP contribution >= 0.6 is 19.4 Å². The number of Topliss-reactive ketones (excluding diaryl/α,β-unsaturated/α-hetero) is 1. The molecule has 0 radical (unpaired) electrons. The number of ketones is 1. The number of carbonyl (C=O) groups is 1. The predicted molar refractivity (Wildman–Crippen MR) is 54.6 cm³/mol. The highest BCUT2D eigenvalue weighted by atomic mass is 32.7. The van der Waals surface area contributed by atoms with Gasteiger partial charge in [-0.25, -0.2) is 0 Å². The fourth-order valence-corrected chi connectivity index (χ4v) is 3.09. The van der Waals surface area contributed by atoms with Crippen LogP contribution in [0.2, 0.25) is 0 Å². The van der Waals surface area contributed by atoms with E-state index in [-0.39, 0.29) is 12.3 Å². The lowest BCUT2D eigenvalue weighted by Crippen LogP contribution is -2.13. The van der Waals surface area contributed by atoms with Gasteiger partial charge in [0.2, 0.25) is 0 Å². The fourth-order valence-electron chi connectivity index (χ4n) is 1.07. The second kappa shape index (κ2) is 3.66. The maximum absolute atomic E-state index is 11.2. The molecule has 5 heteroatoms. The second-order valence-corrected chi connectivity index (χ2v) is 4.70. The second-order valence-electron chi connectivity index (χ2n) is 2.58. The number of hydrogen-bond donors (Lipinski definition) is 1. The van der Waals surface area contributed by atoms with E-state index < -0.39 is 0 Å². The van der Waals surface area contributed by atoms with Crippen molar-refractivity contribution < 1.29 is 9.32 Å². The van der Waals surface area contributed by atoms with E-state index >= 15 is 0 Å². The zero-order valence-electron chi connectivity index (χ0n) is 6.74. The summed E-state index contributed by atoms with van der Waals surface area (Å²) in [6, 6.07) is 5.42. The Bertz CT molecular complexity index is 356. The van der Waals surface area contributed by atoms with Crippen molar-refractivity contribution in [3.05, 3.63) is 23.8 Å². The Labute approximate surface area is 81.6 Å². The molecule has 0 fully saturated rings. The first-order valence-electron chi connectivity index (χ1n) is 3.77. The molecular weight excluding hydrogens is 205 g/mol. The maximum Gasteiger partial charge on any atom is 0.176 e. The van der Waals surface area contributed by atoms with Gasteiger partial charge in [0, 0.05) is 5.56 Å². The lowest BCUT2D eigenvalue weighted by Gasteiger charge is -1.99. The highest BCUT2D eigenvalue weighted by Crippen LogP contribution is 2.51. The summed E-state index contributed by atoms with van der Waals surface area (Å²) >= 11 is 1.62. The predicted octanol–water partition coefficient (Wildman–Crippen LogP) is 1.82. The van der Waals surface area contributed by atoms with Gasteiger partial charge in [-0.1, -0.05) is 11.4 Å². The number of hydrogen-bond acceptors (Lipinski definition) is 4. The largest absolute Gasteiger partial charge is 0.465 e. The molecule has 0 saturated heterocycles. The Kier molecular flexibility index (Phi) is 2.54. The third kappa shape index (κ3) is 1.70. The van der Waals surface area contributed by atoms with Crippen molar-refractivity contribution in [2.24, 2.45) is 5.73 Å². The minimum Gasteiger partial charge on any atom is -0.465 e. The van der Waals surface area contributed by atoms with Gasteiger partial charge in [0.05, 0.1) is 11.4 Å². The van der Waals surface area contributed by atoms with E-state index in [1.807, 2.05) is 12.1 Å². The van der Waals surface area contributed by atoms with Crippen molar-refractivity contribution in [1.82, 2.24) is 0 Å². The van der Waals surface area contributed by atoms with Crippen molar-refractivity contribution in [2.45, 2.75) is 4.90 Å². The molecule has 0 spiro atoms. The summed E-state index contributed by atoms with van der Waals surface area (Å²) in [5.41, 5.74) is 5.93. The van der Waals surface area contributed by atoms with Crippen LogP contribution in [0.1, 0.15) is 10.4 Å². The molecule has 0 aliphatic carbocycles. The van der Waals surface area contributed by atoms with Crippen LogP contribution in [0, 0.1) is 0 Å². The third-order valence-corrected chi connectivity index (χ3v) is 3.84. The molecule has 13 heavy (non-hydrogen) atoms. The molecule has 0 aromatic heterocycles. The van der Waals surface area contributed by atoms with Crippen LogP contribution < -0.4 is 10.3 Å². The maximum atomic E-state index is 11.2. The van der Waals surface area contributed by atoms with Gasteiger partial charge in [-0.15, -0.1) is 0 Å². The topological polar surface area (TPSA) is 52.3 Å². The summed E-state index contributed by atoms with van der Waals surface area (Å²) in [7, 11) is 0.411. The molecule has 1 aromatic carbocycles. The molecule has 1 heterocycles. The van der Waals surface area contributed by atoms with E-state index in [4.69, 9.17) is 10.3 Å². The minimum absolute atomic E-state index is 0.0290. The Morgan fingerprint density at radius 3 is 3.23 bits per heavy atom. The first kappa shape index (κ1) is 9.00. The molecule has 2 rings (SSSR count). The van der Waals surface area contributed by atoms with Gasteiger partial charge in [0.15, 0.2) is 5.78 Å². The van der Waals surface area contributed by atoms with Crippen LogP contribution in [0.5, 0.6) is 5.75 Å². The van der Waals surface area contributed by atoms with Gasteiger partial charge in [-0.3, -0.25) is 4.79 Å². The summed E-state index contributed by atoms with van der Waals surface area (Å²) in [6.45, 7) is 0.0621. The van der Waals surface area contributed by atoms with E-state index in [1.165, 1.54) is 0 Å². The van der Waals surface area contributed by atoms with Crippen LogP contribution in [0.3, 0.4) is 0 Å². The average Bonchev–Trinajstić information content (AvgIpc) is 2.63. The number of fused-ring (bicyclic) bond motifs is 1. The van der Waals surface area contributed by atoms with Gasteiger partial charge in [-0.05, 0) is 18.2 Å². The highest BCUT2D eigenvalue weighted by molar-refractivity contribution is 8.48. The molecule has 1 aliphatic heterocycles. The molecule has 1 atom stereocenters. The van der Waals surface area contributed by atoms with E-state index in [1.54, 1.807) is 17.4 Å². The van der Waals surface area contributed by atoms with Crippen LogP contribution in [0.25, 0.3) is 0 Å². The highest BCUT2D eigenvalue weighted by Gasteiger charge is 2.15. The van der Waals surface area contributed by atoms with Crippen LogP contribution in [0.4, 0.5) is 0 Å². The van der Waals surface area contributed by atoms with Crippen molar-refractivity contribution in [2.75, 3.05) is 6.54 Å². The average molecular weight is 213 g/mol. The van der Waals surface area contributed by atoms with Crippen molar-refractivity contribution in [3.8, 4) is 5.75 Å². The summed E-state index contributed by atoms with van der Waals surface area (Å²) in [5, 5.41) is 0. The molecule has 68 valence electrons. The first-order chi connectivity index (χ1) is 6.31. The molecule has 2 N–H and O–H groups in total. The van der Waals surface area contributed by atoms with E-state index in [2.05, 4.69) is 0 Å². The molecule has 0 bridgehead atoms. The number of nitrogens with two attached hydrogens (primary N) is 1. The van der Waals surface area contributed by atoms with Gasteiger partial charge in [0.1, 0.15) is 13.8 Å². The van der Waals surface area contributed by atoms with Crippen LogP contribution in [0.15, 0.2) is 23.1 Å². The van der Waals surface area contributed by atoms with Gasteiger partial charge in [0.25, 0.3) is 0 Å². The Morgan fingerprint density at radius 1 is 1.62 bits per heavy atom. The Morgan fingerprint density at radius 2 is 2.46 bits per heavy atom. The normalized spacial score (nSPS) is 15.5. The zero-order chi connectivity index (χ0) is 9.26. The van der Waals surface area contributed by atoms with Crippen molar-refractivity contribution in [3.63, 3.8) is 0 Å². The lowest BCUT2D eigenvalue weighted by molar-refractivity contribution is 0.100. The van der Waals surface area contributed by atoms with Crippen molar-refractivity contribution in [1.29, 1.82) is 0 Å². The SMILES string of the molecule is NCC(=O)c1ccc2c(c1)SPO2. The molecule has 0 amide bonds. The number of carbonyl (C=O) groups excluding carboxylic acids is 1. The summed E-state index contributed by atoms with van der Waals surface area (Å²) in [6.07, 6.45) is 0. The lowest BCUT2D eigenvalue weighted by atomic mass is 10.1. The molecular formula is C8H8NO2PS. The molecule has 1 aromatic rings. The molecule has 1 unspecified atom stereocenters. The summed E-state index contributed by atoms with van der Waals surface area (Å²) in [4.78, 5) is 12.3. The van der Waals surface area contributed by atoms with Crippen LogP contribution in [-0.2, 0) is 0 Å². The monoisotopic (exact) mass is 213 g/mol. The minimum atomic E-state index is -0.0290. The van der Waals surface area contributed by atoms with Gasteiger partial charge >= 0.3 is 0 Å². The fraction of sp³-hybridized carbons (Fsp3) is 0.125. The summed E-state index contributed by atoms with van der Waals surface area (Å²) < 4.78 is 5.32. The third-order valence-electron chi connectivity index (χ3n) is 1.75. The molecule has 0 saturated carbocycles. The zero-order valence-corrected chi connectivity index (χ0v) is 8.56. The van der Waals surface area contributed by atoms with Crippen LogP contribution in [-0.4, -0.2) is 12.3 Å². The Hall–Kier alpha value is -0.570. The smallest absolute Gasteiger partial charge is 0.176 e. The van der Waals surface area contributed by atoms with Gasteiger partial charge < -0.3 is 10.3 Å². The number of benzene rings is 1. The standard InChI is InChI=1S/C8H8NO2PS/c9-4-6(10)5-1-2-7-8(3-5)13-12-11-7/h1-3,12H,4,9H2. The summed E-state index contributed by atoms with van der Waals surface area (Å²) in [5.74, 6) is 0.843. The van der Waals surface area contributed by atoms with Crippen molar-refractivity contribution >= 4 is 25.2 Å². The quantitative estimate of drug-likeness (QED) is 0.601. The van der Waals surface area contributed by atoms with Gasteiger partial charge in [-0.2, -0.15) is 0 Å². The van der Waals surface area contributed by atoms with E-state index in [0.29, 0.717) is 13.6 Å².